The molecule has 2 aliphatic heterocycles. The van der Waals surface area contributed by atoms with Gasteiger partial charge in [0, 0.05) is 100 Å². The van der Waals surface area contributed by atoms with Crippen LogP contribution in [0.4, 0.5) is 0 Å². The van der Waals surface area contributed by atoms with E-state index in [1.54, 1.807) is 49.1 Å². The van der Waals surface area contributed by atoms with E-state index in [2.05, 4.69) is 56.3 Å². The van der Waals surface area contributed by atoms with Gasteiger partial charge in [0.2, 0.25) is 0 Å². The molecule has 0 bridgehead atoms. The van der Waals surface area contributed by atoms with Gasteiger partial charge in [-0.25, -0.2) is 4.79 Å². The Morgan fingerprint density at radius 2 is 0.899 bits per heavy atom. The van der Waals surface area contributed by atoms with E-state index >= 15 is 4.79 Å². The highest BCUT2D eigenvalue weighted by Crippen LogP contribution is 2.62. The second kappa shape index (κ2) is 26.5. The van der Waals surface area contributed by atoms with E-state index in [9.17, 15) is 14.4 Å². The third kappa shape index (κ3) is 12.5. The zero-order chi connectivity index (χ0) is 61.5. The molecule has 10 aromatic rings. The van der Waals surface area contributed by atoms with Crippen LogP contribution in [0.5, 0.6) is 23.0 Å². The van der Waals surface area contributed by atoms with Gasteiger partial charge in [-0.2, -0.15) is 0 Å². The summed E-state index contributed by atoms with van der Waals surface area (Å²) in [6, 6.07) is 61.5. The van der Waals surface area contributed by atoms with Crippen molar-refractivity contribution in [2.45, 2.75) is 58.7 Å². The number of benzene rings is 6. The molecule has 0 unspecified atom stereocenters. The third-order valence-corrected chi connectivity index (χ3v) is 20.6. The Morgan fingerprint density at radius 3 is 1.27 bits per heavy atom. The average Bonchev–Trinajstić information content (AvgIpc) is 1.65. The molecule has 0 saturated carbocycles. The highest BCUT2D eigenvalue weighted by atomic mass is 35.5. The number of pyridine rings is 4. The van der Waals surface area contributed by atoms with Crippen molar-refractivity contribution in [2.75, 3.05) is 12.7 Å². The molecule has 0 radical (unpaired) electrons. The van der Waals surface area contributed by atoms with Gasteiger partial charge in [0.05, 0.1) is 61.6 Å². The molecule has 1 amide bonds. The number of carbonyl (C=O) groups excluding carboxylic acids is 4. The van der Waals surface area contributed by atoms with Crippen LogP contribution >= 0.6 is 30.5 Å². The monoisotopic (exact) mass is 1240 g/mol. The van der Waals surface area contributed by atoms with Gasteiger partial charge in [0.15, 0.2) is 17.1 Å². The lowest BCUT2D eigenvalue weighted by Crippen LogP contribution is -2.35. The fourth-order valence-corrected chi connectivity index (χ4v) is 16.5. The Kier molecular flexibility index (Phi) is 17.8. The number of carbonyl (C=O) groups is 4. The quantitative estimate of drug-likeness (QED) is 0.0377. The second-order valence-corrected chi connectivity index (χ2v) is 25.9. The van der Waals surface area contributed by atoms with Crippen LogP contribution in [0.3, 0.4) is 0 Å². The predicted molar refractivity (Wildman–Crippen MR) is 343 cm³/mol. The summed E-state index contributed by atoms with van der Waals surface area (Å²) in [6.07, 6.45) is 7.36. The highest BCUT2D eigenvalue weighted by Gasteiger charge is 2.56. The van der Waals surface area contributed by atoms with Crippen LogP contribution in [0.25, 0.3) is 5.32 Å². The molecule has 0 aliphatic carbocycles. The smallest absolute Gasteiger partial charge is 0.340 e. The summed E-state index contributed by atoms with van der Waals surface area (Å²) < 4.78 is 26.5. The van der Waals surface area contributed by atoms with Crippen molar-refractivity contribution in [1.82, 2.24) is 29.7 Å². The van der Waals surface area contributed by atoms with Crippen LogP contribution in [-0.2, 0) is 59.2 Å². The van der Waals surface area contributed by atoms with Gasteiger partial charge in [-0.05, 0) is 103 Å². The van der Waals surface area contributed by atoms with E-state index in [4.69, 9.17) is 47.5 Å². The van der Waals surface area contributed by atoms with Gasteiger partial charge in [-0.3, -0.25) is 39.3 Å². The van der Waals surface area contributed by atoms with Crippen molar-refractivity contribution < 1.29 is 38.1 Å². The minimum absolute atomic E-state index is 0.00654. The van der Waals surface area contributed by atoms with E-state index in [0.29, 0.717) is 22.9 Å². The van der Waals surface area contributed by atoms with Gasteiger partial charge in [-0.15, -0.1) is 0 Å². The molecule has 444 valence electrons. The maximum absolute atomic E-state index is 15.2. The molecule has 89 heavy (non-hydrogen) atoms. The number of nitrogens with zero attached hydrogens (tertiary/aromatic N) is 7. The number of hydrogen-bond donors (Lipinski definition) is 0. The van der Waals surface area contributed by atoms with Gasteiger partial charge in [0.1, 0.15) is 34.7 Å². The standard InChI is InChI=1S/C71H58Cl2N7O8P/c1-47(81)85-67-58(45-79(41-50-20-12-16-32-74-50)42-51-21-13-17-33-75-51)65-61(39-63(67)72)71(62-40-64(73)68(86-48(2)82)59(66(62)87-65)46-80(43-52-22-14-18-34-76-52)44-53-23-15-19-35-77-53)60-31-30-49(38-57(60)70(84)88-71)69(83)78-36-37-89(54-24-6-3-7-25-54,55-26-8-4-9-27-55)56-28-10-5-11-29-56/h3-35,38-40H,36-37,41-46H2,1-2H3. The van der Waals surface area contributed by atoms with E-state index < -0.39 is 36.7 Å². The maximum atomic E-state index is 15.2. The first-order valence-corrected chi connectivity index (χ1v) is 31.6. The van der Waals surface area contributed by atoms with Gasteiger partial charge in [-0.1, -0.05) is 121 Å². The number of rotatable bonds is 21. The summed E-state index contributed by atoms with van der Waals surface area (Å²) >= 11 is 14.9. The first-order chi connectivity index (χ1) is 43.4. The Balaban J connectivity index is 1.02. The van der Waals surface area contributed by atoms with Crippen LogP contribution in [0.1, 0.15) is 85.2 Å². The topological polar surface area (TPSA) is 177 Å². The third-order valence-electron chi connectivity index (χ3n) is 15.6. The number of esters is 3. The lowest BCUT2D eigenvalue weighted by Gasteiger charge is -2.40. The molecular weight excluding hydrogens is 1180 g/mol. The van der Waals surface area contributed by atoms with Crippen LogP contribution < -0.4 is 30.1 Å². The maximum Gasteiger partial charge on any atom is 0.340 e. The fraction of sp³-hybridized carbons (Fsp3) is 0.155. The van der Waals surface area contributed by atoms with Gasteiger partial charge < -0.3 is 29.1 Å². The number of ether oxygens (including phenoxy) is 4. The normalized spacial score (nSPS) is 12.8. The largest absolute Gasteiger partial charge is 0.646 e. The summed E-state index contributed by atoms with van der Waals surface area (Å²) in [5.41, 5.74) is 2.56. The zero-order valence-corrected chi connectivity index (χ0v) is 50.9. The SMILES string of the molecule is CC(=O)Oc1c(Cl)cc2c(c1CN(Cc1ccccn1)Cc1ccccn1)Oc1c(cc(Cl)c(OC(C)=O)c1CN(Cc1ccccn1)Cc1ccccn1)C21OC(=O)c2cc(C(=O)[N-]CC[P+](c3ccccc3)(c3ccccc3)c3ccccc3)ccc21. The van der Waals surface area contributed by atoms with E-state index in [0.717, 1.165) is 38.7 Å². The molecule has 12 rings (SSSR count). The Bertz CT molecular complexity index is 3880. The van der Waals surface area contributed by atoms with Crippen LogP contribution in [0.15, 0.2) is 219 Å². The molecule has 0 saturated heterocycles. The molecule has 0 fully saturated rings. The first kappa shape index (κ1) is 59.8. The number of aromatic nitrogens is 4. The highest BCUT2D eigenvalue weighted by molar-refractivity contribution is 7.95. The lowest BCUT2D eigenvalue weighted by atomic mass is 9.76. The Hall–Kier alpha value is -9.47. The summed E-state index contributed by atoms with van der Waals surface area (Å²) in [5.74, 6) is -2.46. The van der Waals surface area contributed by atoms with Crippen LogP contribution in [0, 0.1) is 0 Å². The van der Waals surface area contributed by atoms with Crippen molar-refractivity contribution in [1.29, 1.82) is 0 Å². The number of hydrogen-bond acceptors (Lipinski definition) is 14. The molecule has 2 aliphatic rings. The summed E-state index contributed by atoms with van der Waals surface area (Å²) in [5, 5.41) is 8.18. The van der Waals surface area contributed by atoms with Crippen molar-refractivity contribution in [3.63, 3.8) is 0 Å². The molecule has 18 heteroatoms. The van der Waals surface area contributed by atoms with Gasteiger partial charge >= 0.3 is 17.9 Å². The molecular formula is C71H58Cl2N7O8P. The van der Waals surface area contributed by atoms with E-state index in [1.165, 1.54) is 19.9 Å². The van der Waals surface area contributed by atoms with Crippen molar-refractivity contribution in [3.05, 3.63) is 296 Å². The molecule has 4 aromatic heterocycles. The summed E-state index contributed by atoms with van der Waals surface area (Å²) in [4.78, 5) is 79.3. The first-order valence-electron chi connectivity index (χ1n) is 28.8. The molecule has 6 heterocycles. The molecule has 0 atom stereocenters. The molecule has 15 nitrogen and oxygen atoms in total. The molecule has 6 aromatic carbocycles. The molecule has 0 N–H and O–H groups in total. The fourth-order valence-electron chi connectivity index (χ4n) is 11.9. The number of fused-ring (bicyclic) bond motifs is 6. The number of halogens is 2. The van der Waals surface area contributed by atoms with Gasteiger partial charge in [0.25, 0.3) is 0 Å². The second-order valence-electron chi connectivity index (χ2n) is 21.5. The Labute approximate surface area is 525 Å². The van der Waals surface area contributed by atoms with E-state index in [-0.39, 0.29) is 101 Å². The Morgan fingerprint density at radius 1 is 0.506 bits per heavy atom. The summed E-state index contributed by atoms with van der Waals surface area (Å²) in [6.45, 7) is 3.81. The molecule has 1 spiro atoms. The lowest BCUT2D eigenvalue weighted by molar-refractivity contribution is -0.132. The van der Waals surface area contributed by atoms with Crippen molar-refractivity contribution in [3.8, 4) is 23.0 Å². The average molecular weight is 1240 g/mol. The minimum Gasteiger partial charge on any atom is -0.646 e. The minimum atomic E-state index is -2.37. The van der Waals surface area contributed by atoms with Crippen LogP contribution in [0.2, 0.25) is 10.0 Å². The van der Waals surface area contributed by atoms with Crippen molar-refractivity contribution >= 4 is 70.2 Å². The van der Waals surface area contributed by atoms with Crippen LogP contribution in [-0.4, -0.2) is 66.3 Å². The van der Waals surface area contributed by atoms with Crippen molar-refractivity contribution in [2.24, 2.45) is 0 Å². The number of amides is 1. The van der Waals surface area contributed by atoms with E-state index in [1.807, 2.05) is 137 Å². The zero-order valence-electron chi connectivity index (χ0n) is 48.5. The summed E-state index contributed by atoms with van der Waals surface area (Å²) in [7, 11) is -2.37. The predicted octanol–water partition coefficient (Wildman–Crippen LogP) is 12.9.